The zero-order valence-corrected chi connectivity index (χ0v) is 9.91. The third kappa shape index (κ3) is 1.93. The molecular weight excluding hydrogens is 213 g/mol. The van der Waals surface area contributed by atoms with Gasteiger partial charge in [-0.25, -0.2) is 4.39 Å². The number of benzene rings is 2. The second-order valence-electron chi connectivity index (χ2n) is 4.89. The maximum absolute atomic E-state index is 13.1. The summed E-state index contributed by atoms with van der Waals surface area (Å²) in [6.45, 7) is 3.32. The molecule has 2 atom stereocenters. The smallest absolute Gasteiger partial charge is 0.123 e. The molecule has 2 unspecified atom stereocenters. The fraction of sp³-hybridized carbons (Fsp3) is 0.333. The van der Waals surface area contributed by atoms with Gasteiger partial charge in [-0.3, -0.25) is 0 Å². The van der Waals surface area contributed by atoms with E-state index in [4.69, 9.17) is 0 Å². The Kier molecular flexibility index (Phi) is 2.60. The highest BCUT2D eigenvalue weighted by atomic mass is 19.1. The van der Waals surface area contributed by atoms with Crippen molar-refractivity contribution in [1.29, 1.82) is 0 Å². The van der Waals surface area contributed by atoms with Crippen molar-refractivity contribution in [2.24, 2.45) is 0 Å². The molecule has 1 aliphatic heterocycles. The Labute approximate surface area is 101 Å². The average Bonchev–Trinajstić information content (AvgIpc) is 2.75. The molecule has 1 fully saturated rings. The molecule has 0 spiro atoms. The Bertz CT molecular complexity index is 550. The van der Waals surface area contributed by atoms with Gasteiger partial charge >= 0.3 is 0 Å². The average molecular weight is 229 g/mol. The van der Waals surface area contributed by atoms with Gasteiger partial charge in [0.2, 0.25) is 0 Å². The van der Waals surface area contributed by atoms with Crippen molar-refractivity contribution >= 4 is 10.8 Å². The predicted octanol–water partition coefficient (Wildman–Crippen LogP) is 3.44. The Hall–Kier alpha value is -1.41. The van der Waals surface area contributed by atoms with Crippen LogP contribution < -0.4 is 5.32 Å². The molecule has 1 saturated heterocycles. The van der Waals surface area contributed by atoms with Crippen molar-refractivity contribution in [3.8, 4) is 0 Å². The lowest BCUT2D eigenvalue weighted by atomic mass is 9.91. The Morgan fingerprint density at radius 1 is 1.12 bits per heavy atom. The highest BCUT2D eigenvalue weighted by Gasteiger charge is 2.24. The summed E-state index contributed by atoms with van der Waals surface area (Å²) in [5, 5.41) is 5.57. The van der Waals surface area contributed by atoms with E-state index in [1.54, 1.807) is 6.07 Å². The number of fused-ring (bicyclic) bond motifs is 1. The first kappa shape index (κ1) is 10.7. The van der Waals surface area contributed by atoms with Crippen molar-refractivity contribution in [3.63, 3.8) is 0 Å². The van der Waals surface area contributed by atoms with Gasteiger partial charge in [0.1, 0.15) is 5.82 Å². The first-order chi connectivity index (χ1) is 8.24. The third-order valence-corrected chi connectivity index (χ3v) is 3.78. The molecule has 2 aromatic carbocycles. The van der Waals surface area contributed by atoms with Gasteiger partial charge in [-0.05, 0) is 48.4 Å². The Balaban J connectivity index is 2.04. The number of halogens is 1. The van der Waals surface area contributed by atoms with Crippen molar-refractivity contribution in [3.05, 3.63) is 47.8 Å². The summed E-state index contributed by atoms with van der Waals surface area (Å²) in [6, 6.07) is 11.9. The Morgan fingerprint density at radius 2 is 1.88 bits per heavy atom. The minimum atomic E-state index is -0.166. The number of hydrogen-bond acceptors (Lipinski definition) is 1. The van der Waals surface area contributed by atoms with Crippen molar-refractivity contribution in [2.75, 3.05) is 6.54 Å². The van der Waals surface area contributed by atoms with E-state index < -0.39 is 0 Å². The van der Waals surface area contributed by atoms with Crippen LogP contribution in [-0.2, 0) is 0 Å². The fourth-order valence-electron chi connectivity index (χ4n) is 2.78. The molecule has 2 aromatic rings. The van der Waals surface area contributed by atoms with Gasteiger partial charge in [0, 0.05) is 12.0 Å². The second kappa shape index (κ2) is 4.11. The van der Waals surface area contributed by atoms with Gasteiger partial charge in [-0.2, -0.15) is 0 Å². The predicted molar refractivity (Wildman–Crippen MR) is 68.7 cm³/mol. The van der Waals surface area contributed by atoms with Gasteiger partial charge < -0.3 is 5.32 Å². The lowest BCUT2D eigenvalue weighted by molar-refractivity contribution is 0.595. The zero-order chi connectivity index (χ0) is 11.8. The Morgan fingerprint density at radius 3 is 2.65 bits per heavy atom. The molecule has 3 rings (SSSR count). The summed E-state index contributed by atoms with van der Waals surface area (Å²) in [5.74, 6) is 0.422. The summed E-state index contributed by atoms with van der Waals surface area (Å²) < 4.78 is 13.1. The van der Waals surface area contributed by atoms with Crippen LogP contribution in [0.4, 0.5) is 4.39 Å². The molecule has 0 aliphatic carbocycles. The van der Waals surface area contributed by atoms with Crippen LogP contribution in [0.25, 0.3) is 10.8 Å². The maximum Gasteiger partial charge on any atom is 0.123 e. The molecule has 88 valence electrons. The quantitative estimate of drug-likeness (QED) is 0.789. The van der Waals surface area contributed by atoms with Crippen LogP contribution >= 0.6 is 0 Å². The van der Waals surface area contributed by atoms with E-state index in [0.717, 1.165) is 17.3 Å². The molecule has 0 saturated carbocycles. The second-order valence-corrected chi connectivity index (χ2v) is 4.89. The highest BCUT2D eigenvalue weighted by molar-refractivity contribution is 5.83. The monoisotopic (exact) mass is 229 g/mol. The van der Waals surface area contributed by atoms with Crippen LogP contribution in [0.3, 0.4) is 0 Å². The topological polar surface area (TPSA) is 12.0 Å². The molecule has 0 radical (unpaired) electrons. The van der Waals surface area contributed by atoms with Gasteiger partial charge in [-0.1, -0.05) is 24.3 Å². The van der Waals surface area contributed by atoms with Crippen LogP contribution in [0.2, 0.25) is 0 Å². The molecule has 1 N–H and O–H groups in total. The van der Waals surface area contributed by atoms with Crippen LogP contribution in [0.5, 0.6) is 0 Å². The van der Waals surface area contributed by atoms with Crippen molar-refractivity contribution < 1.29 is 4.39 Å². The van der Waals surface area contributed by atoms with Crippen molar-refractivity contribution in [1.82, 2.24) is 5.32 Å². The molecule has 17 heavy (non-hydrogen) atoms. The van der Waals surface area contributed by atoms with E-state index in [1.807, 2.05) is 12.1 Å². The fourth-order valence-corrected chi connectivity index (χ4v) is 2.78. The summed E-state index contributed by atoms with van der Waals surface area (Å²) in [7, 11) is 0. The molecule has 0 aromatic heterocycles. The minimum absolute atomic E-state index is 0.166. The van der Waals surface area contributed by atoms with Crippen molar-refractivity contribution in [2.45, 2.75) is 25.3 Å². The lowest BCUT2D eigenvalue weighted by Gasteiger charge is -2.16. The first-order valence-electron chi connectivity index (χ1n) is 6.16. The van der Waals surface area contributed by atoms with E-state index in [2.05, 4.69) is 24.4 Å². The van der Waals surface area contributed by atoms with E-state index in [-0.39, 0.29) is 5.82 Å². The van der Waals surface area contributed by atoms with Gasteiger partial charge in [-0.15, -0.1) is 0 Å². The van der Waals surface area contributed by atoms with Gasteiger partial charge in [0.25, 0.3) is 0 Å². The molecule has 0 bridgehead atoms. The molecule has 1 nitrogen and oxygen atoms in total. The molecule has 2 heteroatoms. The summed E-state index contributed by atoms with van der Waals surface area (Å²) >= 11 is 0. The SMILES string of the molecule is CC1NCCC1c1ccc2cc(F)ccc2c1. The number of rotatable bonds is 1. The van der Waals surface area contributed by atoms with E-state index in [0.29, 0.717) is 12.0 Å². The zero-order valence-electron chi connectivity index (χ0n) is 9.91. The van der Waals surface area contributed by atoms with Crippen LogP contribution in [0.1, 0.15) is 24.8 Å². The minimum Gasteiger partial charge on any atom is -0.314 e. The third-order valence-electron chi connectivity index (χ3n) is 3.78. The lowest BCUT2D eigenvalue weighted by Crippen LogP contribution is -2.21. The van der Waals surface area contributed by atoms with Gasteiger partial charge in [0.15, 0.2) is 0 Å². The largest absolute Gasteiger partial charge is 0.314 e. The standard InChI is InChI=1S/C15H16FN/c1-10-15(6-7-17-10)13-3-2-12-9-14(16)5-4-11(12)8-13/h2-5,8-10,15,17H,6-7H2,1H3. The summed E-state index contributed by atoms with van der Waals surface area (Å²) in [6.07, 6.45) is 1.19. The molecule has 0 amide bonds. The van der Waals surface area contributed by atoms with Crippen LogP contribution in [0, 0.1) is 5.82 Å². The molecular formula is C15H16FN. The number of hydrogen-bond donors (Lipinski definition) is 1. The van der Waals surface area contributed by atoms with Gasteiger partial charge in [0.05, 0.1) is 0 Å². The molecule has 1 heterocycles. The van der Waals surface area contributed by atoms with E-state index >= 15 is 0 Å². The van der Waals surface area contributed by atoms with Crippen LogP contribution in [-0.4, -0.2) is 12.6 Å². The summed E-state index contributed by atoms with van der Waals surface area (Å²) in [4.78, 5) is 0. The summed E-state index contributed by atoms with van der Waals surface area (Å²) in [5.41, 5.74) is 1.36. The number of nitrogens with one attached hydrogen (secondary N) is 1. The normalized spacial score (nSPS) is 24.4. The maximum atomic E-state index is 13.1. The van der Waals surface area contributed by atoms with E-state index in [1.165, 1.54) is 18.1 Å². The van der Waals surface area contributed by atoms with E-state index in [9.17, 15) is 4.39 Å². The van der Waals surface area contributed by atoms with Crippen LogP contribution in [0.15, 0.2) is 36.4 Å². The first-order valence-corrected chi connectivity index (χ1v) is 6.16. The molecule has 1 aliphatic rings. The highest BCUT2D eigenvalue weighted by Crippen LogP contribution is 2.29.